The lowest BCUT2D eigenvalue weighted by Gasteiger charge is -2.41. The summed E-state index contributed by atoms with van der Waals surface area (Å²) in [6.45, 7) is 6.19. The molecule has 5 nitrogen and oxygen atoms in total. The van der Waals surface area contributed by atoms with E-state index < -0.39 is 0 Å². The van der Waals surface area contributed by atoms with Crippen LogP contribution < -0.4 is 10.6 Å². The van der Waals surface area contributed by atoms with Crippen LogP contribution in [0.15, 0.2) is 65.7 Å². The maximum Gasteiger partial charge on any atom is 0.191 e. The smallest absolute Gasteiger partial charge is 0.191 e. The van der Waals surface area contributed by atoms with E-state index in [2.05, 4.69) is 97.2 Å². The second-order valence-corrected chi connectivity index (χ2v) is 8.60. The number of halogens is 1. The number of hydrogen-bond acceptors (Lipinski definition) is 3. The maximum absolute atomic E-state index is 5.61. The molecule has 2 aromatic rings. The fourth-order valence-corrected chi connectivity index (χ4v) is 4.22. The van der Waals surface area contributed by atoms with E-state index in [1.165, 1.54) is 11.1 Å². The fraction of sp³-hybridized carbons (Fsp3) is 0.500. The van der Waals surface area contributed by atoms with Crippen LogP contribution in [-0.2, 0) is 11.2 Å². The lowest BCUT2D eigenvalue weighted by molar-refractivity contribution is -0.00254. The normalized spacial score (nSPS) is 16.8. The van der Waals surface area contributed by atoms with Crippen LogP contribution in [0.5, 0.6) is 0 Å². The Hall–Kier alpha value is -1.64. The van der Waals surface area contributed by atoms with Gasteiger partial charge in [-0.1, -0.05) is 60.7 Å². The van der Waals surface area contributed by atoms with Crippen LogP contribution in [0.1, 0.15) is 36.8 Å². The highest BCUT2D eigenvalue weighted by Crippen LogP contribution is 2.26. The van der Waals surface area contributed by atoms with Gasteiger partial charge in [-0.3, -0.25) is 4.99 Å². The van der Waals surface area contributed by atoms with Crippen molar-refractivity contribution in [3.63, 3.8) is 0 Å². The molecular formula is C26H39IN4O. The van der Waals surface area contributed by atoms with Crippen molar-refractivity contribution in [3.05, 3.63) is 71.8 Å². The predicted molar refractivity (Wildman–Crippen MR) is 145 cm³/mol. The molecule has 3 rings (SSSR count). The number of nitrogens with zero attached hydrogens (tertiary/aromatic N) is 2. The number of aliphatic imine (C=N–C) groups is 1. The molecule has 1 unspecified atom stereocenters. The molecule has 0 amide bonds. The van der Waals surface area contributed by atoms with Crippen LogP contribution in [0.2, 0.25) is 0 Å². The average Bonchev–Trinajstić information content (AvgIpc) is 2.81. The minimum atomic E-state index is 0. The fourth-order valence-electron chi connectivity index (χ4n) is 4.22. The Morgan fingerprint density at radius 2 is 1.62 bits per heavy atom. The van der Waals surface area contributed by atoms with Crippen molar-refractivity contribution >= 4 is 29.9 Å². The van der Waals surface area contributed by atoms with Gasteiger partial charge in [0.1, 0.15) is 0 Å². The zero-order valence-corrected chi connectivity index (χ0v) is 22.0. The highest BCUT2D eigenvalue weighted by atomic mass is 127. The Kier molecular flexibility index (Phi) is 11.5. The minimum Gasteiger partial charge on any atom is -0.381 e. The lowest BCUT2D eigenvalue weighted by atomic mass is 9.89. The predicted octanol–water partition coefficient (Wildman–Crippen LogP) is 4.30. The van der Waals surface area contributed by atoms with Crippen molar-refractivity contribution < 1.29 is 4.74 Å². The molecule has 2 aromatic carbocycles. The van der Waals surface area contributed by atoms with Gasteiger partial charge < -0.3 is 20.3 Å². The number of benzene rings is 2. The van der Waals surface area contributed by atoms with Gasteiger partial charge in [0.15, 0.2) is 5.96 Å². The van der Waals surface area contributed by atoms with Gasteiger partial charge in [0.05, 0.1) is 6.54 Å². The number of nitrogens with one attached hydrogen (secondary N) is 2. The molecule has 2 N–H and O–H groups in total. The van der Waals surface area contributed by atoms with Crippen molar-refractivity contribution in [2.75, 3.05) is 46.9 Å². The molecule has 1 aliphatic rings. The quantitative estimate of drug-likeness (QED) is 0.278. The van der Waals surface area contributed by atoms with Gasteiger partial charge in [-0.25, -0.2) is 0 Å². The molecule has 32 heavy (non-hydrogen) atoms. The van der Waals surface area contributed by atoms with Crippen molar-refractivity contribution in [2.24, 2.45) is 4.99 Å². The van der Waals surface area contributed by atoms with E-state index in [4.69, 9.17) is 9.73 Å². The van der Waals surface area contributed by atoms with Gasteiger partial charge in [-0.2, -0.15) is 0 Å². The summed E-state index contributed by atoms with van der Waals surface area (Å²) in [5.74, 6) is 1.27. The Morgan fingerprint density at radius 3 is 2.22 bits per heavy atom. The zero-order valence-electron chi connectivity index (χ0n) is 19.7. The Morgan fingerprint density at radius 1 is 1.00 bits per heavy atom. The van der Waals surface area contributed by atoms with Gasteiger partial charge in [-0.15, -0.1) is 24.0 Å². The zero-order chi connectivity index (χ0) is 21.9. The summed E-state index contributed by atoms with van der Waals surface area (Å²) in [5.41, 5.74) is 2.78. The molecule has 0 spiro atoms. The molecule has 0 saturated carbocycles. The summed E-state index contributed by atoms with van der Waals surface area (Å²) in [5, 5.41) is 7.06. The standard InChI is InChI=1S/C26H38N4O.HI/c1-4-27-25(29-21-26(30(2)3)15-17-31-18-16-26)28-20-24(23-13-9-6-10-14-23)19-22-11-7-5-8-12-22;/h5-14,24H,4,15-21H2,1-3H3,(H2,27,28,29);1H. The SMILES string of the molecule is CCNC(=NCC1(N(C)C)CCOCC1)NCC(Cc1ccccc1)c1ccccc1.I. The van der Waals surface area contributed by atoms with Gasteiger partial charge in [-0.05, 0) is 51.4 Å². The molecule has 1 saturated heterocycles. The van der Waals surface area contributed by atoms with Crippen LogP contribution in [0.3, 0.4) is 0 Å². The maximum atomic E-state index is 5.61. The summed E-state index contributed by atoms with van der Waals surface area (Å²) in [4.78, 5) is 7.32. The van der Waals surface area contributed by atoms with E-state index in [1.54, 1.807) is 0 Å². The first kappa shape index (κ1) is 26.6. The van der Waals surface area contributed by atoms with Gasteiger partial charge >= 0.3 is 0 Å². The Labute approximate surface area is 211 Å². The molecule has 0 radical (unpaired) electrons. The molecule has 1 atom stereocenters. The van der Waals surface area contributed by atoms with Gasteiger partial charge in [0.25, 0.3) is 0 Å². The van der Waals surface area contributed by atoms with Crippen LogP contribution in [0, 0.1) is 0 Å². The monoisotopic (exact) mass is 550 g/mol. The molecule has 1 heterocycles. The van der Waals surface area contributed by atoms with Crippen LogP contribution in [0.4, 0.5) is 0 Å². The summed E-state index contributed by atoms with van der Waals surface area (Å²) in [6.07, 6.45) is 3.03. The summed E-state index contributed by atoms with van der Waals surface area (Å²) in [6, 6.07) is 21.5. The Bertz CT molecular complexity index is 792. The number of ether oxygens (including phenoxy) is 1. The van der Waals surface area contributed by atoms with Crippen molar-refractivity contribution in [2.45, 2.75) is 37.6 Å². The summed E-state index contributed by atoms with van der Waals surface area (Å²) < 4.78 is 5.61. The second kappa shape index (κ2) is 13.8. The summed E-state index contributed by atoms with van der Waals surface area (Å²) in [7, 11) is 4.32. The van der Waals surface area contributed by atoms with E-state index in [-0.39, 0.29) is 29.5 Å². The lowest BCUT2D eigenvalue weighted by Crippen LogP contribution is -2.52. The first-order chi connectivity index (χ1) is 15.1. The molecule has 0 bridgehead atoms. The minimum absolute atomic E-state index is 0. The van der Waals surface area contributed by atoms with E-state index in [9.17, 15) is 0 Å². The van der Waals surface area contributed by atoms with Crippen LogP contribution >= 0.6 is 24.0 Å². The van der Waals surface area contributed by atoms with E-state index >= 15 is 0 Å². The highest BCUT2D eigenvalue weighted by Gasteiger charge is 2.34. The Balaban J connectivity index is 0.00000363. The van der Waals surface area contributed by atoms with Crippen molar-refractivity contribution in [3.8, 4) is 0 Å². The topological polar surface area (TPSA) is 48.9 Å². The number of likely N-dealkylation sites (N-methyl/N-ethyl adjacent to an activating group) is 1. The first-order valence-electron chi connectivity index (χ1n) is 11.5. The number of guanidine groups is 1. The van der Waals surface area contributed by atoms with Crippen LogP contribution in [-0.4, -0.2) is 63.3 Å². The molecule has 1 fully saturated rings. The molecule has 0 aromatic heterocycles. The molecule has 1 aliphatic heterocycles. The van der Waals surface area contributed by atoms with E-state index in [0.29, 0.717) is 5.92 Å². The second-order valence-electron chi connectivity index (χ2n) is 8.60. The third-order valence-electron chi connectivity index (χ3n) is 6.36. The highest BCUT2D eigenvalue weighted by molar-refractivity contribution is 14.0. The molecule has 0 aliphatic carbocycles. The summed E-state index contributed by atoms with van der Waals surface area (Å²) >= 11 is 0. The largest absolute Gasteiger partial charge is 0.381 e. The number of rotatable bonds is 9. The van der Waals surface area contributed by atoms with Crippen molar-refractivity contribution in [1.29, 1.82) is 0 Å². The first-order valence-corrected chi connectivity index (χ1v) is 11.5. The third kappa shape index (κ3) is 7.74. The number of hydrogen-bond donors (Lipinski definition) is 2. The molecule has 6 heteroatoms. The van der Waals surface area contributed by atoms with E-state index in [1.807, 2.05) is 0 Å². The van der Waals surface area contributed by atoms with Crippen LogP contribution in [0.25, 0.3) is 0 Å². The molecular weight excluding hydrogens is 511 g/mol. The third-order valence-corrected chi connectivity index (χ3v) is 6.36. The van der Waals surface area contributed by atoms with Gasteiger partial charge in [0, 0.05) is 37.8 Å². The van der Waals surface area contributed by atoms with Gasteiger partial charge in [0.2, 0.25) is 0 Å². The van der Waals surface area contributed by atoms with Crippen molar-refractivity contribution in [1.82, 2.24) is 15.5 Å². The van der Waals surface area contributed by atoms with E-state index in [0.717, 1.165) is 58.1 Å². The average molecular weight is 551 g/mol. The molecule has 176 valence electrons.